The topological polar surface area (TPSA) is 69.6 Å². The first-order valence-electron chi connectivity index (χ1n) is 5.28. The lowest BCUT2D eigenvalue weighted by Gasteiger charge is -2.25. The number of hydrogen-bond donors (Lipinski definition) is 2. The lowest BCUT2D eigenvalue weighted by molar-refractivity contribution is 0.0980. The minimum atomic E-state index is -2.31. The molecule has 6 heteroatoms. The third kappa shape index (κ3) is 2.91. The van der Waals surface area contributed by atoms with Crippen LogP contribution in [0, 0.1) is 0 Å². The third-order valence-corrected chi connectivity index (χ3v) is 3.21. The molecular formula is C11H14N2O3S. The number of fused-ring (bicyclic) bond motifs is 1. The molecule has 0 aromatic heterocycles. The lowest BCUT2D eigenvalue weighted by Crippen LogP contribution is -2.28. The predicted molar refractivity (Wildman–Crippen MR) is 64.7 cm³/mol. The fraction of sp³-hybridized carbons (Fsp3) is 0.364. The van der Waals surface area contributed by atoms with Gasteiger partial charge in [0.1, 0.15) is 0 Å². The van der Waals surface area contributed by atoms with Crippen LogP contribution >= 0.6 is 0 Å². The Morgan fingerprint density at radius 3 is 2.94 bits per heavy atom. The Labute approximate surface area is 102 Å². The maximum atomic E-state index is 11.5. The van der Waals surface area contributed by atoms with Gasteiger partial charge in [-0.2, -0.15) is 0 Å². The summed E-state index contributed by atoms with van der Waals surface area (Å²) in [6.07, 6.45) is 0.898. The first-order valence-corrected chi connectivity index (χ1v) is 6.39. The van der Waals surface area contributed by atoms with Crippen LogP contribution in [0.15, 0.2) is 18.2 Å². The fourth-order valence-electron chi connectivity index (χ4n) is 1.97. The summed E-state index contributed by atoms with van der Waals surface area (Å²) in [5, 5.41) is 0. The summed E-state index contributed by atoms with van der Waals surface area (Å²) in [5.41, 5.74) is 2.77. The molecule has 0 spiro atoms. The first-order chi connectivity index (χ1) is 8.06. The van der Waals surface area contributed by atoms with Crippen LogP contribution in [-0.2, 0) is 24.2 Å². The van der Waals surface area contributed by atoms with Gasteiger partial charge in [-0.1, -0.05) is 6.07 Å². The zero-order valence-electron chi connectivity index (χ0n) is 9.47. The van der Waals surface area contributed by atoms with Gasteiger partial charge in [-0.15, -0.1) is 0 Å². The van der Waals surface area contributed by atoms with E-state index >= 15 is 0 Å². The number of carbonyl (C=O) groups excluding carboxylic acids is 1. The number of rotatable bonds is 2. The molecule has 0 saturated heterocycles. The molecule has 17 heavy (non-hydrogen) atoms. The minimum absolute atomic E-state index is 0.427. The number of nitrogens with zero attached hydrogens (tertiary/aromatic N) is 1. The molecule has 2 rings (SSSR count). The molecule has 1 aliphatic rings. The van der Waals surface area contributed by atoms with E-state index in [2.05, 4.69) is 11.9 Å². The van der Waals surface area contributed by atoms with Gasteiger partial charge >= 0.3 is 0 Å². The normalized spacial score (nSPS) is 17.3. The van der Waals surface area contributed by atoms with Gasteiger partial charge < -0.3 is 4.90 Å². The van der Waals surface area contributed by atoms with E-state index in [1.54, 1.807) is 12.1 Å². The van der Waals surface area contributed by atoms with Crippen LogP contribution in [-0.4, -0.2) is 33.2 Å². The molecule has 1 aromatic carbocycles. The van der Waals surface area contributed by atoms with Crippen molar-refractivity contribution in [1.82, 2.24) is 9.62 Å². The molecular weight excluding hydrogens is 240 g/mol. The maximum Gasteiger partial charge on any atom is 0.264 e. The van der Waals surface area contributed by atoms with Gasteiger partial charge in [0.25, 0.3) is 17.2 Å². The Morgan fingerprint density at radius 1 is 1.47 bits per heavy atom. The van der Waals surface area contributed by atoms with Crippen LogP contribution in [0.1, 0.15) is 21.5 Å². The monoisotopic (exact) mass is 254 g/mol. The Bertz CT molecular complexity index is 476. The quantitative estimate of drug-likeness (QED) is 0.756. The van der Waals surface area contributed by atoms with Gasteiger partial charge in [0.15, 0.2) is 0 Å². The third-order valence-electron chi connectivity index (χ3n) is 2.85. The number of carbonyl (C=O) groups is 1. The predicted octanol–water partition coefficient (Wildman–Crippen LogP) is 0.541. The molecule has 0 radical (unpaired) electrons. The highest BCUT2D eigenvalue weighted by Gasteiger charge is 2.15. The second kappa shape index (κ2) is 4.95. The highest BCUT2D eigenvalue weighted by Crippen LogP contribution is 2.19. The van der Waals surface area contributed by atoms with Crippen LogP contribution in [0.5, 0.6) is 0 Å². The average molecular weight is 254 g/mol. The Kier molecular flexibility index (Phi) is 3.56. The average Bonchev–Trinajstić information content (AvgIpc) is 2.27. The molecule has 2 N–H and O–H groups in total. The summed E-state index contributed by atoms with van der Waals surface area (Å²) in [5.74, 6) is -0.521. The van der Waals surface area contributed by atoms with Crippen LogP contribution in [0.4, 0.5) is 0 Å². The van der Waals surface area contributed by atoms with Crippen LogP contribution in [0.2, 0.25) is 0 Å². The molecule has 1 atom stereocenters. The number of likely N-dealkylation sites (N-methyl/N-ethyl adjacent to an activating group) is 1. The van der Waals surface area contributed by atoms with E-state index in [-0.39, 0.29) is 0 Å². The van der Waals surface area contributed by atoms with Crippen molar-refractivity contribution in [3.63, 3.8) is 0 Å². The van der Waals surface area contributed by atoms with E-state index in [9.17, 15) is 9.00 Å². The van der Waals surface area contributed by atoms with Crippen LogP contribution in [0.25, 0.3) is 0 Å². The molecule has 0 aliphatic carbocycles. The number of nitrogens with one attached hydrogen (secondary N) is 1. The van der Waals surface area contributed by atoms with Gasteiger partial charge in [-0.3, -0.25) is 9.35 Å². The molecule has 1 unspecified atom stereocenters. The molecule has 1 heterocycles. The van der Waals surface area contributed by atoms with Crippen molar-refractivity contribution < 1.29 is 13.6 Å². The van der Waals surface area contributed by atoms with Gasteiger partial charge in [-0.05, 0) is 36.7 Å². The Hall–Kier alpha value is -1.24. The van der Waals surface area contributed by atoms with Crippen molar-refractivity contribution in [2.45, 2.75) is 13.0 Å². The summed E-state index contributed by atoms with van der Waals surface area (Å²) < 4.78 is 21.0. The molecule has 0 fully saturated rings. The highest BCUT2D eigenvalue weighted by atomic mass is 32.2. The van der Waals surface area contributed by atoms with Crippen LogP contribution in [0.3, 0.4) is 0 Å². The molecule has 1 amide bonds. The van der Waals surface area contributed by atoms with E-state index in [1.165, 1.54) is 5.56 Å². The zero-order valence-corrected chi connectivity index (χ0v) is 10.3. The molecule has 1 aliphatic heterocycles. The fourth-order valence-corrected chi connectivity index (χ4v) is 2.25. The second-order valence-electron chi connectivity index (χ2n) is 4.15. The van der Waals surface area contributed by atoms with E-state index in [0.717, 1.165) is 25.1 Å². The maximum absolute atomic E-state index is 11.5. The van der Waals surface area contributed by atoms with Crippen LogP contribution < -0.4 is 4.72 Å². The van der Waals surface area contributed by atoms with Crippen molar-refractivity contribution in [1.29, 1.82) is 0 Å². The molecule has 0 saturated carbocycles. The van der Waals surface area contributed by atoms with E-state index in [4.69, 9.17) is 4.55 Å². The van der Waals surface area contributed by atoms with Gasteiger partial charge in [0.05, 0.1) is 0 Å². The summed E-state index contributed by atoms with van der Waals surface area (Å²) in [4.78, 5) is 13.7. The van der Waals surface area contributed by atoms with Gasteiger partial charge in [0.2, 0.25) is 0 Å². The minimum Gasteiger partial charge on any atom is -0.302 e. The SMILES string of the molecule is CN1CCc2cc(C(=O)NS(=O)O)ccc2C1. The van der Waals surface area contributed by atoms with Crippen molar-refractivity contribution >= 4 is 17.2 Å². The summed E-state index contributed by atoms with van der Waals surface area (Å²) in [7, 11) is 2.05. The van der Waals surface area contributed by atoms with E-state index in [0.29, 0.717) is 5.56 Å². The van der Waals surface area contributed by atoms with Crippen molar-refractivity contribution in [2.75, 3.05) is 13.6 Å². The number of hydrogen-bond acceptors (Lipinski definition) is 3. The summed E-state index contributed by atoms with van der Waals surface area (Å²) in [6.45, 7) is 1.84. The molecule has 5 nitrogen and oxygen atoms in total. The summed E-state index contributed by atoms with van der Waals surface area (Å²) >= 11 is -2.31. The van der Waals surface area contributed by atoms with Gasteiger partial charge in [-0.25, -0.2) is 8.93 Å². The Balaban J connectivity index is 2.22. The summed E-state index contributed by atoms with van der Waals surface area (Å²) in [6, 6.07) is 5.38. The van der Waals surface area contributed by atoms with Gasteiger partial charge in [0, 0.05) is 18.7 Å². The number of amides is 1. The number of benzene rings is 1. The van der Waals surface area contributed by atoms with Crippen molar-refractivity contribution in [2.24, 2.45) is 0 Å². The van der Waals surface area contributed by atoms with E-state index < -0.39 is 17.2 Å². The van der Waals surface area contributed by atoms with E-state index in [1.807, 2.05) is 10.8 Å². The lowest BCUT2D eigenvalue weighted by atomic mass is 9.97. The second-order valence-corrected chi connectivity index (χ2v) is 4.85. The highest BCUT2D eigenvalue weighted by molar-refractivity contribution is 7.77. The van der Waals surface area contributed by atoms with Crippen molar-refractivity contribution in [3.8, 4) is 0 Å². The standard InChI is InChI=1S/C11H14N2O3S/c1-13-5-4-8-6-9(2-3-10(8)7-13)11(14)12-17(15)16/h2-3,6H,4-5,7H2,1H3,(H,12,14)(H,15,16). The molecule has 1 aromatic rings. The first kappa shape index (κ1) is 12.2. The largest absolute Gasteiger partial charge is 0.302 e. The zero-order chi connectivity index (χ0) is 12.4. The Morgan fingerprint density at radius 2 is 2.24 bits per heavy atom. The smallest absolute Gasteiger partial charge is 0.264 e. The van der Waals surface area contributed by atoms with Crippen molar-refractivity contribution in [3.05, 3.63) is 34.9 Å². The molecule has 0 bridgehead atoms. The molecule has 92 valence electrons.